The topological polar surface area (TPSA) is 29.5 Å². The fourth-order valence-electron chi connectivity index (χ4n) is 2.27. The first-order valence-corrected chi connectivity index (χ1v) is 9.30. The summed E-state index contributed by atoms with van der Waals surface area (Å²) >= 11 is 3.65. The first kappa shape index (κ1) is 16.6. The SMILES string of the molecule is CCN1C(=O)C(I)CC=C1c1c(F)cccc1OCSC. The third-order valence-corrected chi connectivity index (χ3v) is 4.62. The van der Waals surface area contributed by atoms with Crippen molar-refractivity contribution in [2.24, 2.45) is 0 Å². The van der Waals surface area contributed by atoms with E-state index in [0.717, 1.165) is 0 Å². The second-order valence-electron chi connectivity index (χ2n) is 4.54. The lowest BCUT2D eigenvalue weighted by Gasteiger charge is -2.31. The van der Waals surface area contributed by atoms with E-state index in [9.17, 15) is 9.18 Å². The number of hydrogen-bond donors (Lipinski definition) is 0. The molecule has 0 aliphatic carbocycles. The molecule has 1 aromatic rings. The van der Waals surface area contributed by atoms with Gasteiger partial charge in [-0.15, -0.1) is 11.8 Å². The van der Waals surface area contributed by atoms with Crippen molar-refractivity contribution in [2.45, 2.75) is 17.3 Å². The molecule has 0 saturated heterocycles. The van der Waals surface area contributed by atoms with Crippen LogP contribution < -0.4 is 4.74 Å². The molecule has 21 heavy (non-hydrogen) atoms. The van der Waals surface area contributed by atoms with Crippen LogP contribution in [0.3, 0.4) is 0 Å². The summed E-state index contributed by atoms with van der Waals surface area (Å²) in [5.74, 6) is 0.583. The van der Waals surface area contributed by atoms with Gasteiger partial charge in [-0.05, 0) is 31.7 Å². The molecule has 1 atom stereocenters. The zero-order valence-electron chi connectivity index (χ0n) is 11.9. The molecular formula is C15H17FINO2S. The van der Waals surface area contributed by atoms with Gasteiger partial charge in [0.15, 0.2) is 0 Å². The summed E-state index contributed by atoms with van der Waals surface area (Å²) in [5, 5.41) is 0. The number of nitrogens with zero attached hydrogens (tertiary/aromatic N) is 1. The van der Waals surface area contributed by atoms with Crippen molar-refractivity contribution >= 4 is 46.0 Å². The zero-order chi connectivity index (χ0) is 15.4. The predicted molar refractivity (Wildman–Crippen MR) is 93.2 cm³/mol. The number of amides is 1. The quantitative estimate of drug-likeness (QED) is 0.410. The molecule has 1 heterocycles. The van der Waals surface area contributed by atoms with Crippen LogP contribution in [0.5, 0.6) is 5.75 Å². The monoisotopic (exact) mass is 421 g/mol. The molecule has 1 unspecified atom stereocenters. The predicted octanol–water partition coefficient (Wildman–Crippen LogP) is 3.92. The third-order valence-electron chi connectivity index (χ3n) is 3.22. The summed E-state index contributed by atoms with van der Waals surface area (Å²) in [6.07, 6.45) is 4.45. The molecule has 1 amide bonds. The molecule has 0 fully saturated rings. The lowest BCUT2D eigenvalue weighted by molar-refractivity contribution is -0.127. The molecule has 6 heteroatoms. The van der Waals surface area contributed by atoms with Crippen LogP contribution >= 0.6 is 34.4 Å². The third kappa shape index (κ3) is 3.53. The number of allylic oxidation sites excluding steroid dienone is 1. The maximum atomic E-state index is 14.3. The molecule has 0 radical (unpaired) electrons. The van der Waals surface area contributed by atoms with Crippen molar-refractivity contribution in [1.29, 1.82) is 0 Å². The van der Waals surface area contributed by atoms with E-state index < -0.39 is 0 Å². The van der Waals surface area contributed by atoms with Crippen LogP contribution in [0.1, 0.15) is 18.9 Å². The molecule has 1 aromatic carbocycles. The van der Waals surface area contributed by atoms with Gasteiger partial charge in [0.25, 0.3) is 0 Å². The van der Waals surface area contributed by atoms with E-state index in [1.165, 1.54) is 17.8 Å². The Labute approximate surface area is 142 Å². The van der Waals surface area contributed by atoms with Gasteiger partial charge in [0.05, 0.1) is 15.2 Å². The van der Waals surface area contributed by atoms with Crippen LogP contribution in [0.2, 0.25) is 0 Å². The number of hydrogen-bond acceptors (Lipinski definition) is 3. The second kappa shape index (κ2) is 7.49. The highest BCUT2D eigenvalue weighted by Crippen LogP contribution is 2.35. The first-order valence-electron chi connectivity index (χ1n) is 6.66. The Hall–Kier alpha value is -0.760. The number of halogens is 2. The van der Waals surface area contributed by atoms with Gasteiger partial charge in [-0.2, -0.15) is 0 Å². The Morgan fingerprint density at radius 1 is 1.52 bits per heavy atom. The van der Waals surface area contributed by atoms with Crippen molar-refractivity contribution in [2.75, 3.05) is 18.7 Å². The molecule has 1 aliphatic heterocycles. The maximum absolute atomic E-state index is 14.3. The number of benzene rings is 1. The molecule has 114 valence electrons. The molecule has 2 rings (SSSR count). The minimum absolute atomic E-state index is 0.0228. The zero-order valence-corrected chi connectivity index (χ0v) is 14.9. The minimum Gasteiger partial charge on any atom is -0.482 e. The molecule has 0 saturated carbocycles. The normalized spacial score (nSPS) is 18.7. The summed E-state index contributed by atoms with van der Waals surface area (Å²) < 4.78 is 19.9. The standard InChI is InChI=1S/C15H17FINO2S/c1-3-18-12(8-7-11(17)15(18)19)14-10(16)5-4-6-13(14)20-9-21-2/h4-6,8,11H,3,7,9H2,1-2H3. The average Bonchev–Trinajstić information content (AvgIpc) is 2.48. The van der Waals surface area contributed by atoms with Crippen LogP contribution in [-0.4, -0.2) is 33.5 Å². The molecule has 3 nitrogen and oxygen atoms in total. The summed E-state index contributed by atoms with van der Waals surface area (Å²) in [6.45, 7) is 2.41. The molecule has 0 aromatic heterocycles. The van der Waals surface area contributed by atoms with Crippen LogP contribution in [-0.2, 0) is 4.79 Å². The van der Waals surface area contributed by atoms with Gasteiger partial charge in [0, 0.05) is 6.54 Å². The van der Waals surface area contributed by atoms with Crippen molar-refractivity contribution in [3.05, 3.63) is 35.7 Å². The van der Waals surface area contributed by atoms with Gasteiger partial charge in [0.1, 0.15) is 17.5 Å². The summed E-state index contributed by atoms with van der Waals surface area (Å²) in [6, 6.07) is 4.76. The molecule has 0 bridgehead atoms. The van der Waals surface area contributed by atoms with Crippen molar-refractivity contribution in [3.63, 3.8) is 0 Å². The van der Waals surface area contributed by atoms with Gasteiger partial charge >= 0.3 is 0 Å². The van der Waals surface area contributed by atoms with E-state index in [0.29, 0.717) is 35.9 Å². The Morgan fingerprint density at radius 3 is 2.95 bits per heavy atom. The van der Waals surface area contributed by atoms with E-state index in [1.807, 2.05) is 19.3 Å². The molecular weight excluding hydrogens is 404 g/mol. The van der Waals surface area contributed by atoms with E-state index in [-0.39, 0.29) is 15.6 Å². The fraction of sp³-hybridized carbons (Fsp3) is 0.400. The van der Waals surface area contributed by atoms with E-state index >= 15 is 0 Å². The number of thioether (sulfide) groups is 1. The molecule has 1 aliphatic rings. The van der Waals surface area contributed by atoms with Crippen LogP contribution in [0.15, 0.2) is 24.3 Å². The molecule has 0 N–H and O–H groups in total. The number of rotatable bonds is 5. The lowest BCUT2D eigenvalue weighted by Crippen LogP contribution is -2.38. The Balaban J connectivity index is 2.46. The maximum Gasteiger partial charge on any atom is 0.240 e. The van der Waals surface area contributed by atoms with E-state index in [2.05, 4.69) is 22.6 Å². The second-order valence-corrected chi connectivity index (χ2v) is 6.86. The largest absolute Gasteiger partial charge is 0.482 e. The summed E-state index contributed by atoms with van der Waals surface area (Å²) in [5.41, 5.74) is 0.995. The van der Waals surface area contributed by atoms with Crippen molar-refractivity contribution in [1.82, 2.24) is 4.90 Å². The van der Waals surface area contributed by atoms with E-state index in [1.54, 1.807) is 17.0 Å². The minimum atomic E-state index is -0.363. The van der Waals surface area contributed by atoms with Gasteiger partial charge in [-0.1, -0.05) is 34.7 Å². The Morgan fingerprint density at radius 2 is 2.29 bits per heavy atom. The van der Waals surface area contributed by atoms with Crippen LogP contribution in [0.25, 0.3) is 5.70 Å². The van der Waals surface area contributed by atoms with Gasteiger partial charge in [-0.25, -0.2) is 4.39 Å². The van der Waals surface area contributed by atoms with E-state index in [4.69, 9.17) is 4.74 Å². The Bertz CT molecular complexity index is 565. The van der Waals surface area contributed by atoms with Gasteiger partial charge in [0.2, 0.25) is 5.91 Å². The average molecular weight is 421 g/mol. The summed E-state index contributed by atoms with van der Waals surface area (Å²) in [7, 11) is 0. The van der Waals surface area contributed by atoms with Gasteiger partial charge < -0.3 is 9.64 Å². The fourth-order valence-corrected chi connectivity index (χ4v) is 3.11. The number of carbonyl (C=O) groups excluding carboxylic acids is 1. The van der Waals surface area contributed by atoms with Gasteiger partial charge in [-0.3, -0.25) is 4.79 Å². The van der Waals surface area contributed by atoms with Crippen molar-refractivity contribution in [3.8, 4) is 5.75 Å². The lowest BCUT2D eigenvalue weighted by atomic mass is 10.0. The smallest absolute Gasteiger partial charge is 0.240 e. The highest BCUT2D eigenvalue weighted by atomic mass is 127. The summed E-state index contributed by atoms with van der Waals surface area (Å²) in [4.78, 5) is 13.9. The number of ether oxygens (including phenoxy) is 1. The first-order chi connectivity index (χ1) is 10.1. The number of alkyl halides is 1. The molecule has 0 spiro atoms. The number of carbonyl (C=O) groups is 1. The highest BCUT2D eigenvalue weighted by Gasteiger charge is 2.30. The Kier molecular flexibility index (Phi) is 5.92. The highest BCUT2D eigenvalue weighted by molar-refractivity contribution is 14.1. The van der Waals surface area contributed by atoms with Crippen LogP contribution in [0, 0.1) is 5.82 Å². The van der Waals surface area contributed by atoms with Crippen LogP contribution in [0.4, 0.5) is 4.39 Å². The van der Waals surface area contributed by atoms with Crippen molar-refractivity contribution < 1.29 is 13.9 Å².